The highest BCUT2D eigenvalue weighted by atomic mass is 16.5. The van der Waals surface area contributed by atoms with Crippen LogP contribution in [0.5, 0.6) is 17.2 Å². The number of benzene rings is 2. The molecule has 2 aromatic carbocycles. The van der Waals surface area contributed by atoms with Crippen LogP contribution in [0.2, 0.25) is 0 Å². The van der Waals surface area contributed by atoms with Crippen LogP contribution in [0.1, 0.15) is 5.82 Å². The molecule has 3 aromatic rings. The van der Waals surface area contributed by atoms with Crippen molar-refractivity contribution in [3.8, 4) is 17.2 Å². The topological polar surface area (TPSA) is 104 Å². The molecule has 1 aliphatic heterocycles. The maximum absolute atomic E-state index is 10.6. The molecule has 0 saturated heterocycles. The van der Waals surface area contributed by atoms with E-state index in [2.05, 4.69) is 9.97 Å². The monoisotopic (exact) mass is 380 g/mol. The van der Waals surface area contributed by atoms with Gasteiger partial charge in [-0.2, -0.15) is 0 Å². The molecule has 4 rings (SSSR count). The van der Waals surface area contributed by atoms with E-state index in [1.165, 1.54) is 0 Å². The van der Waals surface area contributed by atoms with E-state index in [9.17, 15) is 5.11 Å². The number of nitrogens with one attached hydrogen (secondary N) is 2. The van der Waals surface area contributed by atoms with Crippen LogP contribution in [0.15, 0.2) is 42.2 Å². The fraction of sp³-hybridized carbons (Fsp3) is 0.200. The number of rotatable bonds is 5. The number of anilines is 1. The van der Waals surface area contributed by atoms with Crippen molar-refractivity contribution in [2.24, 2.45) is 0 Å². The summed E-state index contributed by atoms with van der Waals surface area (Å²) >= 11 is 0. The van der Waals surface area contributed by atoms with E-state index >= 15 is 0 Å². The van der Waals surface area contributed by atoms with Crippen LogP contribution in [0.3, 0.4) is 0 Å². The second kappa shape index (κ2) is 6.80. The van der Waals surface area contributed by atoms with Gasteiger partial charge in [0.1, 0.15) is 34.7 Å². The van der Waals surface area contributed by atoms with Crippen LogP contribution >= 0.6 is 0 Å². The summed E-state index contributed by atoms with van der Waals surface area (Å²) in [6.45, 7) is 0.150. The van der Waals surface area contributed by atoms with Crippen molar-refractivity contribution >= 4 is 28.1 Å². The predicted molar refractivity (Wildman–Crippen MR) is 107 cm³/mol. The molecule has 0 amide bonds. The van der Waals surface area contributed by atoms with E-state index in [0.29, 0.717) is 34.3 Å². The second-order valence-corrected chi connectivity index (χ2v) is 6.26. The number of H-pyrrole nitrogens is 1. The van der Waals surface area contributed by atoms with Crippen molar-refractivity contribution in [3.05, 3.63) is 48.0 Å². The number of nitrogens with zero attached hydrogens (tertiary/aromatic N) is 2. The smallest absolute Gasteiger partial charge is 0.146 e. The quantitative estimate of drug-likeness (QED) is 0.627. The molecule has 0 radical (unpaired) electrons. The molecule has 144 valence electrons. The molecule has 1 aromatic heterocycles. The molecule has 3 N–H and O–H groups in total. The number of methoxy groups -OCH3 is 3. The number of amidine groups is 1. The number of aliphatic hydroxyl groups is 1. The number of ether oxygens (including phenoxy) is 3. The highest BCUT2D eigenvalue weighted by Gasteiger charge is 2.32. The number of fused-ring (bicyclic) bond motifs is 1. The third kappa shape index (κ3) is 2.79. The molecule has 1 aliphatic rings. The molecule has 0 saturated carbocycles. The number of aromatic nitrogens is 2. The molecule has 8 nitrogen and oxygen atoms in total. The number of imidazole rings is 1. The molecule has 0 fully saturated rings. The van der Waals surface area contributed by atoms with E-state index in [1.54, 1.807) is 44.4 Å². The maximum Gasteiger partial charge on any atom is 0.146 e. The summed E-state index contributed by atoms with van der Waals surface area (Å²) < 4.78 is 15.9. The molecule has 0 unspecified atom stereocenters. The van der Waals surface area contributed by atoms with E-state index in [-0.39, 0.29) is 18.1 Å². The Morgan fingerprint density at radius 2 is 1.75 bits per heavy atom. The van der Waals surface area contributed by atoms with Gasteiger partial charge in [-0.3, -0.25) is 5.41 Å². The van der Waals surface area contributed by atoms with Crippen LogP contribution < -0.4 is 19.1 Å². The molecule has 0 aliphatic carbocycles. The number of hydrogen-bond acceptors (Lipinski definition) is 6. The summed E-state index contributed by atoms with van der Waals surface area (Å²) in [5.74, 6) is 2.52. The molecule has 0 bridgehead atoms. The average molecular weight is 380 g/mol. The Bertz CT molecular complexity index is 1100. The van der Waals surface area contributed by atoms with Gasteiger partial charge in [0.25, 0.3) is 0 Å². The first kappa shape index (κ1) is 17.7. The summed E-state index contributed by atoms with van der Waals surface area (Å²) in [6, 6.07) is 10.8. The Hall–Kier alpha value is -3.68. The fourth-order valence-electron chi connectivity index (χ4n) is 3.28. The zero-order valence-corrected chi connectivity index (χ0v) is 15.7. The van der Waals surface area contributed by atoms with Crippen LogP contribution in [0.25, 0.3) is 16.6 Å². The lowest BCUT2D eigenvalue weighted by Gasteiger charge is -2.21. The summed E-state index contributed by atoms with van der Waals surface area (Å²) in [4.78, 5) is 9.35. The third-order valence-electron chi connectivity index (χ3n) is 4.71. The third-order valence-corrected chi connectivity index (χ3v) is 4.71. The van der Waals surface area contributed by atoms with Gasteiger partial charge in [-0.25, -0.2) is 4.98 Å². The fourth-order valence-corrected chi connectivity index (χ4v) is 3.28. The lowest BCUT2D eigenvalue weighted by Crippen LogP contribution is -2.26. The summed E-state index contributed by atoms with van der Waals surface area (Å²) in [5, 5.41) is 19.2. The van der Waals surface area contributed by atoms with Gasteiger partial charge in [0, 0.05) is 12.1 Å². The van der Waals surface area contributed by atoms with Gasteiger partial charge in [0.2, 0.25) is 0 Å². The average Bonchev–Trinajstić information content (AvgIpc) is 3.26. The van der Waals surface area contributed by atoms with Gasteiger partial charge in [-0.05, 0) is 24.3 Å². The lowest BCUT2D eigenvalue weighted by atomic mass is 10.2. The standard InChI is InChI=1S/C20H20N4O4/c1-26-11-4-6-13-14(8-11)23-20(22-13)18-16(25)10-24(19(18)21)15-7-5-12(27-2)9-17(15)28-3/h4-9,21,25H,10H2,1-3H3,(H,22,23). The molecule has 28 heavy (non-hydrogen) atoms. The number of aromatic amines is 1. The minimum Gasteiger partial charge on any atom is -0.509 e. The van der Waals surface area contributed by atoms with Gasteiger partial charge in [-0.15, -0.1) is 0 Å². The van der Waals surface area contributed by atoms with E-state index in [4.69, 9.17) is 19.6 Å². The predicted octanol–water partition coefficient (Wildman–Crippen LogP) is 3.36. The summed E-state index contributed by atoms with van der Waals surface area (Å²) in [7, 11) is 4.73. The van der Waals surface area contributed by atoms with E-state index in [1.807, 2.05) is 18.2 Å². The largest absolute Gasteiger partial charge is 0.509 e. The minimum atomic E-state index is 0.0638. The number of hydrogen-bond donors (Lipinski definition) is 3. The Morgan fingerprint density at radius 3 is 2.46 bits per heavy atom. The Labute approximate surface area is 161 Å². The van der Waals surface area contributed by atoms with Gasteiger partial charge < -0.3 is 29.2 Å². The molecule has 2 heterocycles. The van der Waals surface area contributed by atoms with Gasteiger partial charge in [-0.1, -0.05) is 0 Å². The summed E-state index contributed by atoms with van der Waals surface area (Å²) in [6.07, 6.45) is 0. The van der Waals surface area contributed by atoms with Crippen LogP contribution in [-0.2, 0) is 0 Å². The van der Waals surface area contributed by atoms with Gasteiger partial charge in [0.05, 0.1) is 50.2 Å². The Balaban J connectivity index is 1.71. The molecule has 0 spiro atoms. The SMILES string of the molecule is COc1ccc(N2CC(O)=C(c3nc4ccc(OC)cc4[nH]3)C2=N)c(OC)c1. The first-order valence-electron chi connectivity index (χ1n) is 8.60. The van der Waals surface area contributed by atoms with Crippen molar-refractivity contribution < 1.29 is 19.3 Å². The van der Waals surface area contributed by atoms with E-state index in [0.717, 1.165) is 11.0 Å². The van der Waals surface area contributed by atoms with Gasteiger partial charge in [0.15, 0.2) is 0 Å². The van der Waals surface area contributed by atoms with Gasteiger partial charge >= 0.3 is 0 Å². The van der Waals surface area contributed by atoms with E-state index < -0.39 is 0 Å². The van der Waals surface area contributed by atoms with Crippen LogP contribution in [0, 0.1) is 5.41 Å². The second-order valence-electron chi connectivity index (χ2n) is 6.26. The van der Waals surface area contributed by atoms with Crippen molar-refractivity contribution in [2.45, 2.75) is 0 Å². The van der Waals surface area contributed by atoms with Crippen molar-refractivity contribution in [3.63, 3.8) is 0 Å². The maximum atomic E-state index is 10.6. The number of aliphatic hydroxyl groups excluding tert-OH is 1. The molecular weight excluding hydrogens is 360 g/mol. The first-order valence-corrected chi connectivity index (χ1v) is 8.60. The molecule has 0 atom stereocenters. The van der Waals surface area contributed by atoms with Crippen molar-refractivity contribution in [1.29, 1.82) is 5.41 Å². The summed E-state index contributed by atoms with van der Waals surface area (Å²) in [5.41, 5.74) is 2.51. The first-order chi connectivity index (χ1) is 13.5. The molecular formula is C20H20N4O4. The lowest BCUT2D eigenvalue weighted by molar-refractivity contribution is 0.393. The normalized spacial score (nSPS) is 14.1. The molecule has 8 heteroatoms. The van der Waals surface area contributed by atoms with Crippen LogP contribution in [0.4, 0.5) is 5.69 Å². The Kier molecular flexibility index (Phi) is 4.31. The minimum absolute atomic E-state index is 0.0638. The zero-order chi connectivity index (χ0) is 19.8. The van der Waals surface area contributed by atoms with Crippen molar-refractivity contribution in [1.82, 2.24) is 9.97 Å². The van der Waals surface area contributed by atoms with Crippen LogP contribution in [-0.4, -0.2) is 48.8 Å². The Morgan fingerprint density at radius 1 is 1.04 bits per heavy atom. The van der Waals surface area contributed by atoms with Crippen molar-refractivity contribution in [2.75, 3.05) is 32.8 Å². The zero-order valence-electron chi connectivity index (χ0n) is 15.7. The highest BCUT2D eigenvalue weighted by Crippen LogP contribution is 2.37. The highest BCUT2D eigenvalue weighted by molar-refractivity contribution is 6.30.